The average molecular weight is 270 g/mol. The fourth-order valence-corrected chi connectivity index (χ4v) is 1.73. The van der Waals surface area contributed by atoms with Crippen molar-refractivity contribution in [3.63, 3.8) is 0 Å². The highest BCUT2D eigenvalue weighted by molar-refractivity contribution is 5.54. The van der Waals surface area contributed by atoms with Gasteiger partial charge in [-0.25, -0.2) is 4.39 Å². The van der Waals surface area contributed by atoms with Crippen molar-refractivity contribution >= 4 is 0 Å². The number of aromatic amines is 1. The minimum Gasteiger partial charge on any atom is -0.489 e. The van der Waals surface area contributed by atoms with Gasteiger partial charge in [-0.2, -0.15) is 5.21 Å². The predicted molar refractivity (Wildman–Crippen MR) is 70.3 cm³/mol. The van der Waals surface area contributed by atoms with E-state index < -0.39 is 0 Å². The minimum atomic E-state index is -0.276. The van der Waals surface area contributed by atoms with Gasteiger partial charge in [-0.05, 0) is 35.0 Å². The number of halogens is 1. The molecule has 0 aliphatic carbocycles. The Labute approximate surface area is 114 Å². The SMILES string of the molecule is Fc1ccc(OCc2ccc(-c3nn[nH]n3)cc2)cc1. The molecule has 0 amide bonds. The molecule has 3 aromatic rings. The first-order valence-electron chi connectivity index (χ1n) is 6.02. The Bertz CT molecular complexity index is 665. The Morgan fingerprint density at radius 2 is 1.75 bits per heavy atom. The Morgan fingerprint density at radius 1 is 1.00 bits per heavy atom. The Morgan fingerprint density at radius 3 is 2.40 bits per heavy atom. The molecule has 100 valence electrons. The van der Waals surface area contributed by atoms with Gasteiger partial charge in [0, 0.05) is 5.56 Å². The highest BCUT2D eigenvalue weighted by atomic mass is 19.1. The van der Waals surface area contributed by atoms with Crippen molar-refractivity contribution in [2.45, 2.75) is 6.61 Å². The summed E-state index contributed by atoms with van der Waals surface area (Å²) in [6, 6.07) is 13.6. The van der Waals surface area contributed by atoms with Gasteiger partial charge >= 0.3 is 0 Å². The summed E-state index contributed by atoms with van der Waals surface area (Å²) in [7, 11) is 0. The number of H-pyrrole nitrogens is 1. The van der Waals surface area contributed by atoms with Crippen LogP contribution in [0, 0.1) is 5.82 Å². The van der Waals surface area contributed by atoms with Crippen molar-refractivity contribution in [1.82, 2.24) is 20.6 Å². The highest BCUT2D eigenvalue weighted by Gasteiger charge is 2.02. The van der Waals surface area contributed by atoms with Crippen LogP contribution in [0.15, 0.2) is 48.5 Å². The van der Waals surface area contributed by atoms with E-state index in [1.165, 1.54) is 12.1 Å². The predicted octanol–water partition coefficient (Wildman–Crippen LogP) is 2.58. The maximum absolute atomic E-state index is 12.8. The summed E-state index contributed by atoms with van der Waals surface area (Å²) >= 11 is 0. The van der Waals surface area contributed by atoms with Crippen LogP contribution in [0.2, 0.25) is 0 Å². The molecule has 0 fully saturated rings. The summed E-state index contributed by atoms with van der Waals surface area (Å²) in [5.74, 6) is 0.909. The van der Waals surface area contributed by atoms with Crippen LogP contribution in [0.5, 0.6) is 5.75 Å². The summed E-state index contributed by atoms with van der Waals surface area (Å²) in [6.07, 6.45) is 0. The van der Waals surface area contributed by atoms with Crippen LogP contribution in [-0.2, 0) is 6.61 Å². The number of benzene rings is 2. The summed E-state index contributed by atoms with van der Waals surface area (Å²) in [5, 5.41) is 13.7. The highest BCUT2D eigenvalue weighted by Crippen LogP contribution is 2.16. The van der Waals surface area contributed by atoms with Crippen molar-refractivity contribution in [3.05, 3.63) is 59.9 Å². The van der Waals surface area contributed by atoms with Gasteiger partial charge in [0.2, 0.25) is 5.82 Å². The molecule has 5 nitrogen and oxygen atoms in total. The van der Waals surface area contributed by atoms with E-state index in [-0.39, 0.29) is 5.82 Å². The summed E-state index contributed by atoms with van der Waals surface area (Å²) in [4.78, 5) is 0. The van der Waals surface area contributed by atoms with Crippen molar-refractivity contribution in [3.8, 4) is 17.1 Å². The van der Waals surface area contributed by atoms with Gasteiger partial charge in [0.15, 0.2) is 0 Å². The first kappa shape index (κ1) is 12.3. The van der Waals surface area contributed by atoms with Crippen LogP contribution in [0.3, 0.4) is 0 Å². The second kappa shape index (κ2) is 5.48. The quantitative estimate of drug-likeness (QED) is 0.791. The van der Waals surface area contributed by atoms with Crippen LogP contribution >= 0.6 is 0 Å². The Kier molecular flexibility index (Phi) is 3.36. The van der Waals surface area contributed by atoms with Gasteiger partial charge in [0.25, 0.3) is 0 Å². The lowest BCUT2D eigenvalue weighted by atomic mass is 10.1. The summed E-state index contributed by atoms with van der Waals surface area (Å²) in [6.45, 7) is 0.415. The van der Waals surface area contributed by atoms with E-state index in [4.69, 9.17) is 4.74 Å². The van der Waals surface area contributed by atoms with Gasteiger partial charge in [-0.1, -0.05) is 24.3 Å². The Balaban J connectivity index is 1.65. The van der Waals surface area contributed by atoms with Crippen molar-refractivity contribution < 1.29 is 9.13 Å². The molecular weight excluding hydrogens is 259 g/mol. The molecule has 0 unspecified atom stereocenters. The molecule has 20 heavy (non-hydrogen) atoms. The Hall–Kier alpha value is -2.76. The van der Waals surface area contributed by atoms with Gasteiger partial charge < -0.3 is 4.74 Å². The third-order valence-corrected chi connectivity index (χ3v) is 2.78. The average Bonchev–Trinajstić information content (AvgIpc) is 3.01. The topological polar surface area (TPSA) is 63.7 Å². The number of hydrogen-bond donors (Lipinski definition) is 1. The molecule has 1 N–H and O–H groups in total. The molecule has 0 aliphatic heterocycles. The molecule has 0 atom stereocenters. The van der Waals surface area contributed by atoms with E-state index >= 15 is 0 Å². The van der Waals surface area contributed by atoms with Crippen LogP contribution in [0.4, 0.5) is 4.39 Å². The summed E-state index contributed by atoms with van der Waals surface area (Å²) in [5.41, 5.74) is 1.88. The zero-order chi connectivity index (χ0) is 13.8. The van der Waals surface area contributed by atoms with Crippen LogP contribution in [0.1, 0.15) is 5.56 Å². The van der Waals surface area contributed by atoms with E-state index in [1.807, 2.05) is 24.3 Å². The maximum Gasteiger partial charge on any atom is 0.204 e. The molecule has 0 aliphatic rings. The number of hydrogen-bond acceptors (Lipinski definition) is 4. The molecule has 0 radical (unpaired) electrons. The fraction of sp³-hybridized carbons (Fsp3) is 0.0714. The fourth-order valence-electron chi connectivity index (χ4n) is 1.73. The second-order valence-electron chi connectivity index (χ2n) is 4.17. The van der Waals surface area contributed by atoms with Crippen molar-refractivity contribution in [1.29, 1.82) is 0 Å². The van der Waals surface area contributed by atoms with Crippen molar-refractivity contribution in [2.75, 3.05) is 0 Å². The van der Waals surface area contributed by atoms with E-state index in [0.29, 0.717) is 18.2 Å². The largest absolute Gasteiger partial charge is 0.489 e. The van der Waals surface area contributed by atoms with E-state index in [9.17, 15) is 4.39 Å². The summed E-state index contributed by atoms with van der Waals surface area (Å²) < 4.78 is 18.3. The third kappa shape index (κ3) is 2.80. The van der Waals surface area contributed by atoms with Crippen LogP contribution < -0.4 is 4.74 Å². The van der Waals surface area contributed by atoms with E-state index in [1.54, 1.807) is 12.1 Å². The number of nitrogens with zero attached hydrogens (tertiary/aromatic N) is 3. The molecule has 0 saturated carbocycles. The maximum atomic E-state index is 12.8. The van der Waals surface area contributed by atoms with Crippen LogP contribution in [-0.4, -0.2) is 20.6 Å². The molecule has 2 aromatic carbocycles. The number of aromatic nitrogens is 4. The molecule has 0 bridgehead atoms. The van der Waals surface area contributed by atoms with Gasteiger partial charge in [0.1, 0.15) is 18.2 Å². The zero-order valence-corrected chi connectivity index (χ0v) is 10.5. The minimum absolute atomic E-state index is 0.276. The second-order valence-corrected chi connectivity index (χ2v) is 4.17. The molecule has 0 spiro atoms. The van der Waals surface area contributed by atoms with Crippen molar-refractivity contribution in [2.24, 2.45) is 0 Å². The molecular formula is C14H11FN4O. The lowest BCUT2D eigenvalue weighted by Crippen LogP contribution is -1.95. The molecule has 3 rings (SSSR count). The lowest BCUT2D eigenvalue weighted by Gasteiger charge is -2.06. The molecule has 0 saturated heterocycles. The molecule has 6 heteroatoms. The molecule has 1 aromatic heterocycles. The first-order valence-corrected chi connectivity index (χ1v) is 6.02. The number of ether oxygens (including phenoxy) is 1. The smallest absolute Gasteiger partial charge is 0.204 e. The first-order chi connectivity index (χ1) is 9.81. The zero-order valence-electron chi connectivity index (χ0n) is 10.5. The van der Waals surface area contributed by atoms with Crippen LogP contribution in [0.25, 0.3) is 11.4 Å². The third-order valence-electron chi connectivity index (χ3n) is 2.78. The standard InChI is InChI=1S/C14H11FN4O/c15-12-5-7-13(8-6-12)20-9-10-1-3-11(4-2-10)14-16-18-19-17-14/h1-8H,9H2,(H,16,17,18,19). The lowest BCUT2D eigenvalue weighted by molar-refractivity contribution is 0.306. The van der Waals surface area contributed by atoms with Gasteiger partial charge in [-0.3, -0.25) is 0 Å². The normalized spacial score (nSPS) is 10.4. The number of tetrazole rings is 1. The van der Waals surface area contributed by atoms with Gasteiger partial charge in [-0.15, -0.1) is 10.2 Å². The van der Waals surface area contributed by atoms with E-state index in [0.717, 1.165) is 11.1 Å². The number of rotatable bonds is 4. The monoisotopic (exact) mass is 270 g/mol. The number of nitrogens with one attached hydrogen (secondary N) is 1. The molecule has 1 heterocycles. The van der Waals surface area contributed by atoms with Gasteiger partial charge in [0.05, 0.1) is 0 Å². The van der Waals surface area contributed by atoms with E-state index in [2.05, 4.69) is 20.6 Å².